The minimum Gasteiger partial charge on any atom is -0.445 e. The predicted octanol–water partition coefficient (Wildman–Crippen LogP) is 12.0. The molecule has 0 spiro atoms. The molecule has 86 heavy (non-hydrogen) atoms. The molecule has 0 bridgehead atoms. The van der Waals surface area contributed by atoms with E-state index in [2.05, 4.69) is 49.1 Å². The Labute approximate surface area is 513 Å². The van der Waals surface area contributed by atoms with E-state index in [9.17, 15) is 19.2 Å². The van der Waals surface area contributed by atoms with Gasteiger partial charge in [-0.3, -0.25) is 10.6 Å². The fourth-order valence-electron chi connectivity index (χ4n) is 9.22. The number of allylic oxidation sites excluding steroid dienone is 3. The predicted molar refractivity (Wildman–Crippen MR) is 347 cm³/mol. The van der Waals surface area contributed by atoms with Crippen LogP contribution < -0.4 is 42.5 Å². The van der Waals surface area contributed by atoms with Crippen molar-refractivity contribution in [2.45, 2.75) is 98.6 Å². The second-order valence-electron chi connectivity index (χ2n) is 19.8. The number of amides is 6. The molecule has 6 amide bonds. The number of hydrogen-bond donors (Lipinski definition) is 8. The Bertz CT molecular complexity index is 2630. The summed E-state index contributed by atoms with van der Waals surface area (Å²) in [7, 11) is -5.32. The van der Waals surface area contributed by atoms with Gasteiger partial charge in [-0.25, -0.2) is 19.2 Å². The first-order chi connectivity index (χ1) is 41.9. The zero-order valence-electron chi connectivity index (χ0n) is 51.6. The molecule has 0 heterocycles. The monoisotopic (exact) mass is 1220 g/mol. The van der Waals surface area contributed by atoms with Crippen LogP contribution in [0, 0.1) is 5.92 Å². The number of carbonyl (C=O) groups excluding carboxylic acids is 4. The van der Waals surface area contributed by atoms with Crippen LogP contribution in [0.15, 0.2) is 134 Å². The van der Waals surface area contributed by atoms with Gasteiger partial charge in [0.25, 0.3) is 0 Å². The molecule has 8 N–H and O–H groups in total. The standard InChI is InChI=1S/C64H96N8O12Si2/c1-8-52(27-17-19-43-78-64(76)72-60-35-23-31-56(51-60)47-54-29-21-33-58(49-54)70-62(74)68-41-39-66-37-25-45-86(82-12-5,83-13-6)84-14-7)26-16-15-18-42-77-63(75)71-59-34-22-30-55(50-59)46-53-28-20-32-57(48-53)69-61(73)67-40-38-65-36-24-44-85(79-9-2,80-10-3)81-11-4/h8,15,17-23,28-35,48-52,65-66H,1,9-14,16,24-27,36-47H2,2-7H3,(H,71,75)(H,72,76)(H2,67,69,73)(H2,68,70,74)/b18-15+,19-17+. The van der Waals surface area contributed by atoms with Gasteiger partial charge in [0.05, 0.1) is 0 Å². The molecule has 0 saturated carbocycles. The van der Waals surface area contributed by atoms with E-state index in [1.165, 1.54) is 0 Å². The molecular weight excluding hydrogens is 1130 g/mol. The molecular formula is C64H96N8O12Si2. The molecule has 0 aliphatic carbocycles. The second-order valence-corrected chi connectivity index (χ2v) is 25.3. The van der Waals surface area contributed by atoms with E-state index >= 15 is 0 Å². The number of nitrogens with one attached hydrogen (secondary N) is 8. The van der Waals surface area contributed by atoms with Crippen molar-refractivity contribution < 1.29 is 55.2 Å². The van der Waals surface area contributed by atoms with Gasteiger partial charge in [-0.15, -0.1) is 6.58 Å². The van der Waals surface area contributed by atoms with Crippen LogP contribution in [0.4, 0.5) is 41.9 Å². The van der Waals surface area contributed by atoms with Crippen molar-refractivity contribution in [1.29, 1.82) is 0 Å². The van der Waals surface area contributed by atoms with Crippen molar-refractivity contribution in [3.05, 3.63) is 156 Å². The molecule has 0 saturated heterocycles. The van der Waals surface area contributed by atoms with E-state index in [-0.39, 0.29) is 31.2 Å². The fourth-order valence-corrected chi connectivity index (χ4v) is 14.4. The third kappa shape index (κ3) is 30.1. The summed E-state index contributed by atoms with van der Waals surface area (Å²) in [6.45, 7) is 22.9. The third-order valence-electron chi connectivity index (χ3n) is 13.0. The average molecular weight is 1230 g/mol. The number of carbonyl (C=O) groups is 4. The quantitative estimate of drug-likeness (QED) is 0.0117. The van der Waals surface area contributed by atoms with E-state index in [0.29, 0.717) is 101 Å². The highest BCUT2D eigenvalue weighted by atomic mass is 28.4. The lowest BCUT2D eigenvalue weighted by molar-refractivity contribution is 0.0700. The Balaban J connectivity index is 1.05. The first kappa shape index (κ1) is 71.8. The molecule has 4 aromatic carbocycles. The molecule has 0 fully saturated rings. The van der Waals surface area contributed by atoms with Gasteiger partial charge < -0.3 is 67.9 Å². The van der Waals surface area contributed by atoms with Crippen LogP contribution in [0.3, 0.4) is 0 Å². The number of anilines is 4. The number of benzene rings is 4. The summed E-state index contributed by atoms with van der Waals surface area (Å²) >= 11 is 0. The number of hydrogen-bond acceptors (Lipinski definition) is 14. The highest BCUT2D eigenvalue weighted by molar-refractivity contribution is 6.61. The highest BCUT2D eigenvalue weighted by Crippen LogP contribution is 2.22. The zero-order chi connectivity index (χ0) is 61.9. The zero-order valence-corrected chi connectivity index (χ0v) is 53.6. The molecule has 4 aromatic rings. The summed E-state index contributed by atoms with van der Waals surface area (Å²) in [5, 5.41) is 24.0. The van der Waals surface area contributed by atoms with Crippen LogP contribution in [-0.4, -0.2) is 134 Å². The molecule has 0 aliphatic rings. The summed E-state index contributed by atoms with van der Waals surface area (Å²) in [6, 6.07) is 31.3. The van der Waals surface area contributed by atoms with Gasteiger partial charge in [-0.2, -0.15) is 0 Å². The van der Waals surface area contributed by atoms with Crippen LogP contribution in [0.2, 0.25) is 12.1 Å². The van der Waals surface area contributed by atoms with Gasteiger partial charge in [-0.1, -0.05) is 78.9 Å². The molecule has 0 aliphatic heterocycles. The van der Waals surface area contributed by atoms with Crippen LogP contribution >= 0.6 is 0 Å². The van der Waals surface area contributed by atoms with Gasteiger partial charge >= 0.3 is 41.9 Å². The topological polar surface area (TPSA) is 238 Å². The molecule has 22 heteroatoms. The Morgan fingerprint density at radius 1 is 0.465 bits per heavy atom. The Kier molecular flexibility index (Phi) is 35.9. The minimum atomic E-state index is -2.66. The Morgan fingerprint density at radius 2 is 0.826 bits per heavy atom. The molecule has 0 aromatic heterocycles. The lowest BCUT2D eigenvalue weighted by Crippen LogP contribution is -2.46. The molecule has 20 nitrogen and oxygen atoms in total. The van der Waals surface area contributed by atoms with E-state index in [1.54, 1.807) is 12.1 Å². The van der Waals surface area contributed by atoms with E-state index in [1.807, 2.05) is 157 Å². The fraction of sp³-hybridized carbons (Fsp3) is 0.469. The second kappa shape index (κ2) is 43.0. The lowest BCUT2D eigenvalue weighted by atomic mass is 9.99. The van der Waals surface area contributed by atoms with Gasteiger partial charge in [-0.05, 0) is 176 Å². The van der Waals surface area contributed by atoms with E-state index in [4.69, 9.17) is 36.0 Å². The molecule has 1 atom stereocenters. The summed E-state index contributed by atoms with van der Waals surface area (Å²) in [6.07, 6.45) is 13.6. The number of ether oxygens (including phenoxy) is 2. The first-order valence-electron chi connectivity index (χ1n) is 30.4. The van der Waals surface area contributed by atoms with E-state index in [0.717, 1.165) is 79.5 Å². The van der Waals surface area contributed by atoms with Crippen molar-refractivity contribution in [3.63, 3.8) is 0 Å². The SMILES string of the molecule is C=CC(C/C=C/COC(=O)Nc1cccc(Cc2cccc(NC(=O)NCCNCCC[Si](OCC)(OCC)OCC)c2)c1)CC/C=C/COC(=O)Nc1cccc(Cc2cccc(NC(=O)NCCNCCC[Si](OCC)(OCC)OCC)c2)c1. The molecule has 1 unspecified atom stereocenters. The van der Waals surface area contributed by atoms with Crippen molar-refractivity contribution >= 4 is 64.6 Å². The maximum atomic E-state index is 12.7. The van der Waals surface area contributed by atoms with Gasteiger partial charge in [0, 0.05) is 101 Å². The molecule has 472 valence electrons. The molecule has 4 rings (SSSR count). The first-order valence-corrected chi connectivity index (χ1v) is 34.3. The van der Waals surface area contributed by atoms with Gasteiger partial charge in [0.2, 0.25) is 0 Å². The van der Waals surface area contributed by atoms with Crippen LogP contribution in [-0.2, 0) is 48.9 Å². The van der Waals surface area contributed by atoms with Crippen molar-refractivity contribution in [2.75, 3.05) is 113 Å². The van der Waals surface area contributed by atoms with Crippen molar-refractivity contribution in [2.24, 2.45) is 5.92 Å². The largest absolute Gasteiger partial charge is 0.500 e. The lowest BCUT2D eigenvalue weighted by Gasteiger charge is -2.28. The number of urea groups is 2. The summed E-state index contributed by atoms with van der Waals surface area (Å²) in [4.78, 5) is 50.7. The highest BCUT2D eigenvalue weighted by Gasteiger charge is 2.40. The number of rotatable bonds is 44. The van der Waals surface area contributed by atoms with Crippen molar-refractivity contribution in [3.8, 4) is 0 Å². The smallest absolute Gasteiger partial charge is 0.445 e. The Morgan fingerprint density at radius 3 is 1.19 bits per heavy atom. The van der Waals surface area contributed by atoms with Crippen molar-refractivity contribution in [1.82, 2.24) is 21.3 Å². The van der Waals surface area contributed by atoms with Gasteiger partial charge in [0.1, 0.15) is 13.2 Å². The van der Waals surface area contributed by atoms with Crippen LogP contribution in [0.25, 0.3) is 0 Å². The normalized spacial score (nSPS) is 12.0. The van der Waals surface area contributed by atoms with Crippen LogP contribution in [0.1, 0.15) is 95.9 Å². The van der Waals surface area contributed by atoms with Crippen LogP contribution in [0.5, 0.6) is 0 Å². The summed E-state index contributed by atoms with van der Waals surface area (Å²) in [5.74, 6) is 0.207. The average Bonchev–Trinajstić information content (AvgIpc) is 3.70. The maximum Gasteiger partial charge on any atom is 0.500 e. The summed E-state index contributed by atoms with van der Waals surface area (Å²) in [5.41, 5.74) is 6.52. The maximum absolute atomic E-state index is 12.7. The van der Waals surface area contributed by atoms with E-state index < -0.39 is 29.8 Å². The minimum absolute atomic E-state index is 0.113. The molecule has 0 radical (unpaired) electrons. The Hall–Kier alpha value is -6.71. The summed E-state index contributed by atoms with van der Waals surface area (Å²) < 4.78 is 46.4. The third-order valence-corrected chi connectivity index (χ3v) is 19.3. The van der Waals surface area contributed by atoms with Gasteiger partial charge in [0.15, 0.2) is 0 Å².